The monoisotopic (exact) mass is 448 g/mol. The minimum Gasteiger partial charge on any atom is -0.497 e. The van der Waals surface area contributed by atoms with Gasteiger partial charge in [0.25, 0.3) is 0 Å². The van der Waals surface area contributed by atoms with Crippen molar-refractivity contribution in [3.63, 3.8) is 0 Å². The molecule has 0 saturated carbocycles. The van der Waals surface area contributed by atoms with Gasteiger partial charge in [0.05, 0.1) is 31.7 Å². The first-order valence-corrected chi connectivity index (χ1v) is 12.1. The Hall–Kier alpha value is -2.56. The van der Waals surface area contributed by atoms with Crippen molar-refractivity contribution in [1.82, 2.24) is 19.5 Å². The predicted molar refractivity (Wildman–Crippen MR) is 118 cm³/mol. The van der Waals surface area contributed by atoms with E-state index in [1.54, 1.807) is 14.2 Å². The van der Waals surface area contributed by atoms with Crippen molar-refractivity contribution in [3.05, 3.63) is 48.5 Å². The Labute approximate surface area is 180 Å². The number of para-hydroxylation sites is 1. The number of benzene rings is 2. The molecule has 0 fully saturated rings. The Morgan fingerprint density at radius 1 is 1.03 bits per heavy atom. The highest BCUT2D eigenvalue weighted by atomic mass is 32.2. The second-order valence-electron chi connectivity index (χ2n) is 6.41. The van der Waals surface area contributed by atoms with Crippen LogP contribution in [0.25, 0.3) is 17.1 Å². The molecule has 0 radical (unpaired) electrons. The normalized spacial score (nSPS) is 11.4. The van der Waals surface area contributed by atoms with Crippen LogP contribution in [0.2, 0.25) is 0 Å². The minimum atomic E-state index is -3.18. The van der Waals surface area contributed by atoms with Gasteiger partial charge in [-0.15, -0.1) is 10.2 Å². The summed E-state index contributed by atoms with van der Waals surface area (Å²) in [6, 6.07) is 15.3. The average Bonchev–Trinajstić information content (AvgIpc) is 3.16. The summed E-state index contributed by atoms with van der Waals surface area (Å²) >= 11 is 1.51. The van der Waals surface area contributed by atoms with Crippen LogP contribution < -0.4 is 14.2 Å². The zero-order valence-corrected chi connectivity index (χ0v) is 18.7. The van der Waals surface area contributed by atoms with E-state index in [4.69, 9.17) is 9.47 Å². The molecule has 0 spiro atoms. The van der Waals surface area contributed by atoms with E-state index in [-0.39, 0.29) is 0 Å². The van der Waals surface area contributed by atoms with Crippen LogP contribution in [-0.4, -0.2) is 56.0 Å². The van der Waals surface area contributed by atoms with Crippen LogP contribution >= 0.6 is 11.8 Å². The first-order valence-electron chi connectivity index (χ1n) is 9.23. The Bertz CT molecular complexity index is 1080. The molecule has 3 rings (SSSR count). The first-order chi connectivity index (χ1) is 14.4. The van der Waals surface area contributed by atoms with E-state index in [0.717, 1.165) is 23.3 Å². The van der Waals surface area contributed by atoms with Gasteiger partial charge in [-0.25, -0.2) is 13.1 Å². The van der Waals surface area contributed by atoms with Crippen LogP contribution in [0.5, 0.6) is 11.5 Å². The van der Waals surface area contributed by atoms with Gasteiger partial charge in [0.2, 0.25) is 10.0 Å². The molecule has 160 valence electrons. The van der Waals surface area contributed by atoms with Crippen molar-refractivity contribution in [2.24, 2.45) is 0 Å². The molecule has 1 heterocycles. The zero-order chi connectivity index (χ0) is 21.6. The van der Waals surface area contributed by atoms with Crippen molar-refractivity contribution in [1.29, 1.82) is 0 Å². The molecule has 1 N–H and O–H groups in total. The SMILES string of the molecule is COc1ccc(-n2c(SCCCNS(C)(=O)=O)nnc2-c2ccccc2OC)cc1. The summed E-state index contributed by atoms with van der Waals surface area (Å²) in [4.78, 5) is 0. The number of hydrogen-bond acceptors (Lipinski definition) is 7. The number of aromatic nitrogens is 3. The largest absolute Gasteiger partial charge is 0.497 e. The molecule has 30 heavy (non-hydrogen) atoms. The van der Waals surface area contributed by atoms with Crippen molar-refractivity contribution in [2.45, 2.75) is 11.6 Å². The Balaban J connectivity index is 1.91. The number of methoxy groups -OCH3 is 2. The van der Waals surface area contributed by atoms with Crippen LogP contribution in [0, 0.1) is 0 Å². The summed E-state index contributed by atoms with van der Waals surface area (Å²) < 4.78 is 37.7. The fraction of sp³-hybridized carbons (Fsp3) is 0.300. The zero-order valence-electron chi connectivity index (χ0n) is 17.0. The Morgan fingerprint density at radius 2 is 1.77 bits per heavy atom. The number of sulfonamides is 1. The molecule has 8 nitrogen and oxygen atoms in total. The first kappa shape index (κ1) is 22.1. The molecule has 0 atom stereocenters. The molecule has 0 aliphatic rings. The molecule has 1 aromatic heterocycles. The van der Waals surface area contributed by atoms with E-state index in [9.17, 15) is 8.42 Å². The molecule has 0 saturated heterocycles. The molecule has 3 aromatic rings. The molecular weight excluding hydrogens is 424 g/mol. The molecular formula is C20H24N4O4S2. The summed E-state index contributed by atoms with van der Waals surface area (Å²) in [5, 5.41) is 9.51. The molecule has 10 heteroatoms. The van der Waals surface area contributed by atoms with Crippen molar-refractivity contribution >= 4 is 21.8 Å². The van der Waals surface area contributed by atoms with Crippen LogP contribution in [0.3, 0.4) is 0 Å². The van der Waals surface area contributed by atoms with Gasteiger partial charge in [-0.3, -0.25) is 4.57 Å². The lowest BCUT2D eigenvalue weighted by Gasteiger charge is -2.13. The quantitative estimate of drug-likeness (QED) is 0.376. The van der Waals surface area contributed by atoms with E-state index < -0.39 is 10.0 Å². The van der Waals surface area contributed by atoms with Crippen LogP contribution in [0.4, 0.5) is 0 Å². The van der Waals surface area contributed by atoms with Crippen molar-refractivity contribution in [3.8, 4) is 28.6 Å². The van der Waals surface area contributed by atoms with E-state index in [0.29, 0.717) is 35.4 Å². The second kappa shape index (κ2) is 9.96. The van der Waals surface area contributed by atoms with E-state index in [1.807, 2.05) is 53.1 Å². The highest BCUT2D eigenvalue weighted by Gasteiger charge is 2.19. The van der Waals surface area contributed by atoms with Crippen LogP contribution in [-0.2, 0) is 10.0 Å². The lowest BCUT2D eigenvalue weighted by molar-refractivity contribution is 0.414. The van der Waals surface area contributed by atoms with Gasteiger partial charge < -0.3 is 9.47 Å². The van der Waals surface area contributed by atoms with Crippen molar-refractivity contribution < 1.29 is 17.9 Å². The molecule has 0 amide bonds. The Morgan fingerprint density at radius 3 is 2.43 bits per heavy atom. The maximum Gasteiger partial charge on any atom is 0.208 e. The number of nitrogens with one attached hydrogen (secondary N) is 1. The number of nitrogens with zero attached hydrogens (tertiary/aromatic N) is 3. The maximum absolute atomic E-state index is 11.2. The average molecular weight is 449 g/mol. The smallest absolute Gasteiger partial charge is 0.208 e. The number of hydrogen-bond donors (Lipinski definition) is 1. The minimum absolute atomic E-state index is 0.377. The van der Waals surface area contributed by atoms with E-state index in [2.05, 4.69) is 14.9 Å². The lowest BCUT2D eigenvalue weighted by atomic mass is 10.2. The molecule has 0 aliphatic carbocycles. The summed E-state index contributed by atoms with van der Waals surface area (Å²) in [5.41, 5.74) is 1.72. The van der Waals surface area contributed by atoms with Gasteiger partial charge in [0, 0.05) is 12.3 Å². The maximum atomic E-state index is 11.2. The summed E-state index contributed by atoms with van der Waals surface area (Å²) in [6.07, 6.45) is 1.82. The summed E-state index contributed by atoms with van der Waals surface area (Å²) in [6.45, 7) is 0.377. The molecule has 0 unspecified atom stereocenters. The van der Waals surface area contributed by atoms with Crippen LogP contribution in [0.15, 0.2) is 53.7 Å². The number of thioether (sulfide) groups is 1. The molecule has 0 bridgehead atoms. The summed E-state index contributed by atoms with van der Waals surface area (Å²) in [7, 11) is 0.0624. The topological polar surface area (TPSA) is 95.3 Å². The van der Waals surface area contributed by atoms with Crippen LogP contribution in [0.1, 0.15) is 6.42 Å². The second-order valence-corrected chi connectivity index (χ2v) is 9.30. The fourth-order valence-electron chi connectivity index (χ4n) is 2.82. The highest BCUT2D eigenvalue weighted by Crippen LogP contribution is 2.33. The fourth-order valence-corrected chi connectivity index (χ4v) is 4.23. The Kier molecular flexibility index (Phi) is 7.35. The highest BCUT2D eigenvalue weighted by molar-refractivity contribution is 7.99. The van der Waals surface area contributed by atoms with Gasteiger partial charge in [0.15, 0.2) is 11.0 Å². The third-order valence-corrected chi connectivity index (χ3v) is 5.97. The molecule has 0 aliphatic heterocycles. The number of rotatable bonds is 10. The van der Waals surface area contributed by atoms with Crippen molar-refractivity contribution in [2.75, 3.05) is 32.8 Å². The third kappa shape index (κ3) is 5.53. The van der Waals surface area contributed by atoms with Gasteiger partial charge in [-0.1, -0.05) is 23.9 Å². The van der Waals surface area contributed by atoms with E-state index >= 15 is 0 Å². The van der Waals surface area contributed by atoms with Gasteiger partial charge >= 0.3 is 0 Å². The number of ether oxygens (including phenoxy) is 2. The summed E-state index contributed by atoms with van der Waals surface area (Å²) in [5.74, 6) is 2.80. The van der Waals surface area contributed by atoms with Gasteiger partial charge in [-0.05, 0) is 42.8 Å². The lowest BCUT2D eigenvalue weighted by Crippen LogP contribution is -2.23. The molecule has 2 aromatic carbocycles. The van der Waals surface area contributed by atoms with E-state index in [1.165, 1.54) is 11.8 Å². The third-order valence-electron chi connectivity index (χ3n) is 4.23. The predicted octanol–water partition coefficient (Wildman–Crippen LogP) is 2.98. The van der Waals surface area contributed by atoms with Gasteiger partial charge in [0.1, 0.15) is 11.5 Å². The standard InChI is InChI=1S/C20H24N4O4S2/c1-27-16-11-9-15(10-12-16)24-19(17-7-4-5-8-18(17)28-2)22-23-20(24)29-14-6-13-21-30(3,25)26/h4-5,7-12,21H,6,13-14H2,1-3H3. The van der Waals surface area contributed by atoms with Gasteiger partial charge in [-0.2, -0.15) is 0 Å².